The molecular formula is C27H20F6O. The predicted octanol–water partition coefficient (Wildman–Crippen LogP) is 8.22. The molecule has 0 fully saturated rings. The molecule has 4 rings (SSSR count). The number of fused-ring (bicyclic) bond motifs is 1. The van der Waals surface area contributed by atoms with Crippen LogP contribution in [0.1, 0.15) is 30.0 Å². The molecule has 3 aromatic rings. The molecule has 0 aliphatic heterocycles. The number of ether oxygens (including phenoxy) is 1. The summed E-state index contributed by atoms with van der Waals surface area (Å²) in [6.45, 7) is 4.65. The molecule has 7 heteroatoms. The maximum atomic E-state index is 14.9. The van der Waals surface area contributed by atoms with Crippen LogP contribution in [0.4, 0.5) is 26.3 Å². The molecule has 0 aromatic heterocycles. The summed E-state index contributed by atoms with van der Waals surface area (Å²) in [5, 5.41) is 0. The van der Waals surface area contributed by atoms with Crippen LogP contribution in [-0.4, -0.2) is 0 Å². The van der Waals surface area contributed by atoms with Crippen LogP contribution in [0, 0.1) is 23.3 Å². The molecule has 0 amide bonds. The van der Waals surface area contributed by atoms with Crippen molar-refractivity contribution >= 4 is 0 Å². The summed E-state index contributed by atoms with van der Waals surface area (Å²) in [6.07, 6.45) is 0.564. The predicted molar refractivity (Wildman–Crippen MR) is 118 cm³/mol. The molecule has 0 N–H and O–H groups in total. The Labute approximate surface area is 193 Å². The van der Waals surface area contributed by atoms with Crippen molar-refractivity contribution in [3.8, 4) is 22.3 Å². The quantitative estimate of drug-likeness (QED) is 0.199. The van der Waals surface area contributed by atoms with Gasteiger partial charge in [0.1, 0.15) is 34.6 Å². The van der Waals surface area contributed by atoms with Gasteiger partial charge in [-0.1, -0.05) is 24.8 Å². The van der Waals surface area contributed by atoms with Crippen LogP contribution in [0.2, 0.25) is 0 Å². The Hall–Kier alpha value is -3.48. The Kier molecular flexibility index (Phi) is 6.30. The average molecular weight is 474 g/mol. The molecule has 176 valence electrons. The van der Waals surface area contributed by atoms with Crippen molar-refractivity contribution in [3.63, 3.8) is 0 Å². The van der Waals surface area contributed by atoms with Crippen LogP contribution in [0.15, 0.2) is 67.0 Å². The Morgan fingerprint density at radius 2 is 1.41 bits per heavy atom. The van der Waals surface area contributed by atoms with Gasteiger partial charge in [-0.05, 0) is 90.4 Å². The van der Waals surface area contributed by atoms with Gasteiger partial charge in [0.2, 0.25) is 0 Å². The van der Waals surface area contributed by atoms with E-state index in [1.165, 1.54) is 12.5 Å². The number of alkyl halides is 2. The van der Waals surface area contributed by atoms with E-state index in [1.807, 2.05) is 12.1 Å². The number of aryl methyl sites for hydroxylation is 2. The maximum absolute atomic E-state index is 14.9. The molecule has 1 aliphatic carbocycles. The molecule has 0 unspecified atom stereocenters. The second-order valence-electron chi connectivity index (χ2n) is 7.98. The Bertz CT molecular complexity index is 1260. The second-order valence-corrected chi connectivity index (χ2v) is 7.98. The molecule has 0 spiro atoms. The van der Waals surface area contributed by atoms with Crippen LogP contribution >= 0.6 is 0 Å². The summed E-state index contributed by atoms with van der Waals surface area (Å²) in [5.41, 5.74) is 0.225. The first-order chi connectivity index (χ1) is 16.1. The van der Waals surface area contributed by atoms with Gasteiger partial charge < -0.3 is 4.74 Å². The lowest BCUT2D eigenvalue weighted by atomic mass is 9.96. The monoisotopic (exact) mass is 474 g/mol. The second kappa shape index (κ2) is 9.05. The molecule has 0 atom stereocenters. The van der Waals surface area contributed by atoms with Gasteiger partial charge >= 0.3 is 6.11 Å². The fraction of sp³-hybridized carbons (Fsp3) is 0.185. The highest BCUT2D eigenvalue weighted by Gasteiger charge is 2.41. The number of allylic oxidation sites excluding steroid dienone is 2. The van der Waals surface area contributed by atoms with E-state index >= 15 is 0 Å². The molecule has 3 aromatic carbocycles. The van der Waals surface area contributed by atoms with Crippen molar-refractivity contribution in [2.24, 2.45) is 0 Å². The molecular weight excluding hydrogens is 454 g/mol. The van der Waals surface area contributed by atoms with Crippen LogP contribution in [0.5, 0.6) is 0 Å². The van der Waals surface area contributed by atoms with Gasteiger partial charge in [-0.3, -0.25) is 0 Å². The van der Waals surface area contributed by atoms with E-state index < -0.39 is 51.8 Å². The highest BCUT2D eigenvalue weighted by Crippen LogP contribution is 2.39. The normalized spacial score (nSPS) is 13.7. The third-order valence-corrected chi connectivity index (χ3v) is 5.83. The number of hydrogen-bond acceptors (Lipinski definition) is 1. The largest absolute Gasteiger partial charge is 0.432 e. The minimum atomic E-state index is -4.38. The van der Waals surface area contributed by atoms with Crippen LogP contribution < -0.4 is 0 Å². The summed E-state index contributed by atoms with van der Waals surface area (Å²) in [7, 11) is 0. The van der Waals surface area contributed by atoms with Crippen molar-refractivity contribution in [1.82, 2.24) is 0 Å². The molecule has 0 bridgehead atoms. The fourth-order valence-electron chi connectivity index (χ4n) is 4.18. The Morgan fingerprint density at radius 1 is 0.824 bits per heavy atom. The smallest absolute Gasteiger partial charge is 0.429 e. The first-order valence-electron chi connectivity index (χ1n) is 10.6. The lowest BCUT2D eigenvalue weighted by Crippen LogP contribution is -2.21. The topological polar surface area (TPSA) is 9.23 Å². The zero-order valence-electron chi connectivity index (χ0n) is 18.2. The average Bonchev–Trinajstić information content (AvgIpc) is 3.24. The molecule has 34 heavy (non-hydrogen) atoms. The van der Waals surface area contributed by atoms with Crippen molar-refractivity contribution in [2.75, 3.05) is 0 Å². The SMILES string of the molecule is C=CC(=CC)OC(F)(F)c1c(F)cc(-c2c(F)cc(-c3ccc4c(c3)CCC4)cc2F)cc1F. The van der Waals surface area contributed by atoms with Crippen molar-refractivity contribution in [2.45, 2.75) is 32.3 Å². The summed E-state index contributed by atoms with van der Waals surface area (Å²) < 4.78 is 92.2. The standard InChI is InChI=1S/C27H20F6O/c1-3-20(4-2)34-27(32,33)26-23(30)13-19(14-24(26)31)25-21(28)11-18(12-22(25)29)17-9-8-15-6-5-7-16(15)10-17/h3-4,8-14H,1,5-7H2,2H3. The zero-order valence-corrected chi connectivity index (χ0v) is 18.2. The van der Waals surface area contributed by atoms with E-state index in [0.717, 1.165) is 49.1 Å². The highest BCUT2D eigenvalue weighted by molar-refractivity contribution is 5.73. The highest BCUT2D eigenvalue weighted by atomic mass is 19.3. The van der Waals surface area contributed by atoms with E-state index in [9.17, 15) is 26.3 Å². The summed E-state index contributed by atoms with van der Waals surface area (Å²) in [6, 6.07) is 8.56. The minimum absolute atomic E-state index is 0.259. The van der Waals surface area contributed by atoms with Crippen LogP contribution in [0.25, 0.3) is 22.3 Å². The minimum Gasteiger partial charge on any atom is -0.429 e. The number of hydrogen-bond donors (Lipinski definition) is 0. The molecule has 0 saturated carbocycles. The van der Waals surface area contributed by atoms with Gasteiger partial charge in [0, 0.05) is 0 Å². The van der Waals surface area contributed by atoms with E-state index in [4.69, 9.17) is 0 Å². The Morgan fingerprint density at radius 3 is 2.00 bits per heavy atom. The Balaban J connectivity index is 1.73. The maximum Gasteiger partial charge on any atom is 0.432 e. The van der Waals surface area contributed by atoms with Crippen LogP contribution in [-0.2, 0) is 23.7 Å². The van der Waals surface area contributed by atoms with Gasteiger partial charge in [-0.15, -0.1) is 0 Å². The van der Waals surface area contributed by atoms with Gasteiger partial charge in [0.05, 0.1) is 5.56 Å². The van der Waals surface area contributed by atoms with E-state index in [2.05, 4.69) is 11.3 Å². The number of rotatable bonds is 6. The van der Waals surface area contributed by atoms with Gasteiger partial charge in [-0.2, -0.15) is 8.78 Å². The lowest BCUT2D eigenvalue weighted by Gasteiger charge is -2.20. The van der Waals surface area contributed by atoms with Gasteiger partial charge in [-0.25, -0.2) is 17.6 Å². The first-order valence-corrected chi connectivity index (χ1v) is 10.6. The third kappa shape index (κ3) is 4.34. The van der Waals surface area contributed by atoms with Crippen molar-refractivity contribution in [1.29, 1.82) is 0 Å². The van der Waals surface area contributed by atoms with E-state index in [1.54, 1.807) is 6.07 Å². The van der Waals surface area contributed by atoms with E-state index in [0.29, 0.717) is 17.7 Å². The first kappa shape index (κ1) is 23.7. The molecule has 0 heterocycles. The summed E-state index contributed by atoms with van der Waals surface area (Å²) in [4.78, 5) is 0. The summed E-state index contributed by atoms with van der Waals surface area (Å²) in [5.74, 6) is -5.96. The third-order valence-electron chi connectivity index (χ3n) is 5.83. The molecule has 0 saturated heterocycles. The number of halogens is 6. The lowest BCUT2D eigenvalue weighted by molar-refractivity contribution is -0.224. The molecule has 0 radical (unpaired) electrons. The van der Waals surface area contributed by atoms with Gasteiger partial charge in [0.15, 0.2) is 0 Å². The van der Waals surface area contributed by atoms with Crippen molar-refractivity contribution in [3.05, 3.63) is 107 Å². The molecule has 1 aliphatic rings. The number of benzene rings is 3. The summed E-state index contributed by atoms with van der Waals surface area (Å²) >= 11 is 0. The molecule has 1 nitrogen and oxygen atoms in total. The fourth-order valence-corrected chi connectivity index (χ4v) is 4.18. The van der Waals surface area contributed by atoms with Crippen molar-refractivity contribution < 1.29 is 31.1 Å². The van der Waals surface area contributed by atoms with Crippen LogP contribution in [0.3, 0.4) is 0 Å². The van der Waals surface area contributed by atoms with Gasteiger partial charge in [0.25, 0.3) is 0 Å². The van der Waals surface area contributed by atoms with E-state index in [-0.39, 0.29) is 5.56 Å². The zero-order chi connectivity index (χ0) is 24.6.